The minimum Gasteiger partial charge on any atom is -0.481 e. The van der Waals surface area contributed by atoms with Gasteiger partial charge < -0.3 is 20.1 Å². The van der Waals surface area contributed by atoms with Gasteiger partial charge in [-0.05, 0) is 38.5 Å². The summed E-state index contributed by atoms with van der Waals surface area (Å²) in [4.78, 5) is 23.8. The van der Waals surface area contributed by atoms with E-state index in [1.165, 1.54) is 32.1 Å². The number of aliphatic carboxylic acids is 1. The van der Waals surface area contributed by atoms with E-state index in [2.05, 4.69) is 6.92 Å². The van der Waals surface area contributed by atoms with Gasteiger partial charge in [0, 0.05) is 25.7 Å². The summed E-state index contributed by atoms with van der Waals surface area (Å²) in [6, 6.07) is 0. The van der Waals surface area contributed by atoms with Crippen LogP contribution in [0.15, 0.2) is 23.8 Å². The molecule has 0 radical (unpaired) electrons. The van der Waals surface area contributed by atoms with Gasteiger partial charge in [0.05, 0.1) is 12.2 Å². The Hall–Kier alpha value is -1.66. The first kappa shape index (κ1) is 29.4. The third-order valence-electron chi connectivity index (χ3n) is 6.22. The van der Waals surface area contributed by atoms with Crippen molar-refractivity contribution in [3.8, 4) is 0 Å². The van der Waals surface area contributed by atoms with Crippen molar-refractivity contribution < 1.29 is 29.6 Å². The molecule has 1 aliphatic heterocycles. The summed E-state index contributed by atoms with van der Waals surface area (Å²) in [5.41, 5.74) is 1.06. The van der Waals surface area contributed by atoms with Crippen LogP contribution in [0.2, 0.25) is 0 Å². The molecular weight excluding hydrogens is 420 g/mol. The molecule has 33 heavy (non-hydrogen) atoms. The lowest BCUT2D eigenvalue weighted by atomic mass is 9.95. The number of aliphatic hydroxyl groups excluding tert-OH is 2. The van der Waals surface area contributed by atoms with Gasteiger partial charge in [-0.25, -0.2) is 0 Å². The highest BCUT2D eigenvalue weighted by Gasteiger charge is 2.25. The SMILES string of the molecule is CCCCCCCCC[C@H](O)C[C@@H]1C[C@@H](O)C/C(C)=C/C/C=C/CC(CC(=O)O)CC(=O)O1. The highest BCUT2D eigenvalue weighted by Crippen LogP contribution is 2.22. The van der Waals surface area contributed by atoms with Crippen molar-refractivity contribution in [2.45, 2.75) is 128 Å². The number of allylic oxidation sites excluding steroid dienone is 3. The molecule has 1 aliphatic rings. The molecule has 1 unspecified atom stereocenters. The predicted octanol–water partition coefficient (Wildman–Crippen LogP) is 5.71. The smallest absolute Gasteiger partial charge is 0.306 e. The van der Waals surface area contributed by atoms with Gasteiger partial charge in [0.25, 0.3) is 0 Å². The van der Waals surface area contributed by atoms with E-state index >= 15 is 0 Å². The minimum atomic E-state index is -0.935. The molecule has 0 fully saturated rings. The van der Waals surface area contributed by atoms with E-state index in [-0.39, 0.29) is 25.2 Å². The van der Waals surface area contributed by atoms with E-state index in [1.807, 2.05) is 25.2 Å². The lowest BCUT2D eigenvalue weighted by Crippen LogP contribution is -2.29. The Balaban J connectivity index is 2.68. The van der Waals surface area contributed by atoms with Crippen molar-refractivity contribution >= 4 is 11.9 Å². The molecular formula is C27H46O6. The maximum Gasteiger partial charge on any atom is 0.306 e. The van der Waals surface area contributed by atoms with Gasteiger partial charge in [-0.3, -0.25) is 9.59 Å². The normalized spacial score (nSPS) is 26.5. The quantitative estimate of drug-likeness (QED) is 0.193. The van der Waals surface area contributed by atoms with Gasteiger partial charge in [-0.2, -0.15) is 0 Å². The second-order valence-corrected chi connectivity index (χ2v) is 9.67. The van der Waals surface area contributed by atoms with E-state index in [4.69, 9.17) is 4.74 Å². The molecule has 0 aromatic rings. The lowest BCUT2D eigenvalue weighted by Gasteiger charge is -2.24. The summed E-state index contributed by atoms with van der Waals surface area (Å²) in [5.74, 6) is -1.73. The summed E-state index contributed by atoms with van der Waals surface area (Å²) in [7, 11) is 0. The Morgan fingerprint density at radius 2 is 1.82 bits per heavy atom. The number of hydrogen-bond acceptors (Lipinski definition) is 5. The zero-order valence-electron chi connectivity index (χ0n) is 20.7. The van der Waals surface area contributed by atoms with Gasteiger partial charge >= 0.3 is 11.9 Å². The van der Waals surface area contributed by atoms with Gasteiger partial charge in [-0.1, -0.05) is 75.7 Å². The summed E-state index contributed by atoms with van der Waals surface area (Å²) < 4.78 is 5.66. The standard InChI is InChI=1S/C27H46O6/c1-3-4-5-6-7-8-12-15-23(28)19-25-20-24(29)16-21(2)13-10-9-11-14-22(17-26(30)31)18-27(32)33-25/h9,11,13,22-25,28-29H,3-8,10,12,14-20H2,1-2H3,(H,30,31)/b11-9+,21-13+/t22?,23-,24-,25+/m0/s1. The second kappa shape index (κ2) is 17.8. The molecule has 6 nitrogen and oxygen atoms in total. The Kier molecular flexibility index (Phi) is 15.8. The van der Waals surface area contributed by atoms with Crippen LogP contribution in [0.4, 0.5) is 0 Å². The molecule has 3 N–H and O–H groups in total. The van der Waals surface area contributed by atoms with Crippen molar-refractivity contribution in [1.82, 2.24) is 0 Å². The van der Waals surface area contributed by atoms with Crippen molar-refractivity contribution in [3.05, 3.63) is 23.8 Å². The molecule has 1 heterocycles. The van der Waals surface area contributed by atoms with Crippen LogP contribution >= 0.6 is 0 Å². The Morgan fingerprint density at radius 1 is 1.12 bits per heavy atom. The highest BCUT2D eigenvalue weighted by molar-refractivity contribution is 5.72. The van der Waals surface area contributed by atoms with E-state index < -0.39 is 30.3 Å². The van der Waals surface area contributed by atoms with Crippen molar-refractivity contribution in [1.29, 1.82) is 0 Å². The summed E-state index contributed by atoms with van der Waals surface area (Å²) >= 11 is 0. The minimum absolute atomic E-state index is 0.0198. The maximum atomic E-state index is 12.6. The van der Waals surface area contributed by atoms with Crippen molar-refractivity contribution in [2.24, 2.45) is 5.92 Å². The molecule has 0 spiro atoms. The van der Waals surface area contributed by atoms with Crippen molar-refractivity contribution in [2.75, 3.05) is 0 Å². The van der Waals surface area contributed by atoms with Crippen LogP contribution in [-0.4, -0.2) is 45.6 Å². The molecule has 0 bridgehead atoms. The number of rotatable bonds is 12. The largest absolute Gasteiger partial charge is 0.481 e. The molecule has 4 atom stereocenters. The molecule has 0 amide bonds. The van der Waals surface area contributed by atoms with Gasteiger partial charge in [-0.15, -0.1) is 0 Å². The average Bonchev–Trinajstić information content (AvgIpc) is 2.71. The fourth-order valence-electron chi connectivity index (χ4n) is 4.40. The Labute approximate surface area is 200 Å². The zero-order chi connectivity index (χ0) is 24.5. The Morgan fingerprint density at radius 3 is 2.52 bits per heavy atom. The molecule has 0 aromatic carbocycles. The van der Waals surface area contributed by atoms with Crippen LogP contribution in [0, 0.1) is 5.92 Å². The highest BCUT2D eigenvalue weighted by atomic mass is 16.5. The van der Waals surface area contributed by atoms with Crippen LogP contribution in [0.1, 0.15) is 110 Å². The number of carboxylic acid groups (broad SMARTS) is 1. The number of aliphatic hydroxyl groups is 2. The average molecular weight is 467 g/mol. The topological polar surface area (TPSA) is 104 Å². The molecule has 0 saturated heterocycles. The fraction of sp³-hybridized carbons (Fsp3) is 0.778. The zero-order valence-corrected chi connectivity index (χ0v) is 20.7. The van der Waals surface area contributed by atoms with Gasteiger partial charge in [0.2, 0.25) is 0 Å². The second-order valence-electron chi connectivity index (χ2n) is 9.67. The van der Waals surface area contributed by atoms with Crippen LogP contribution in [0.25, 0.3) is 0 Å². The van der Waals surface area contributed by atoms with Gasteiger partial charge in [0.15, 0.2) is 0 Å². The number of carbonyl (C=O) groups excluding carboxylic acids is 1. The number of unbranched alkanes of at least 4 members (excludes halogenated alkanes) is 6. The van der Waals surface area contributed by atoms with Crippen LogP contribution < -0.4 is 0 Å². The number of ether oxygens (including phenoxy) is 1. The van der Waals surface area contributed by atoms with E-state index in [9.17, 15) is 24.9 Å². The molecule has 0 aromatic heterocycles. The first-order chi connectivity index (χ1) is 15.8. The molecule has 190 valence electrons. The van der Waals surface area contributed by atoms with Crippen LogP contribution in [0.5, 0.6) is 0 Å². The van der Waals surface area contributed by atoms with Crippen LogP contribution in [-0.2, 0) is 14.3 Å². The summed E-state index contributed by atoms with van der Waals surface area (Å²) in [6.45, 7) is 4.17. The van der Waals surface area contributed by atoms with Crippen molar-refractivity contribution in [3.63, 3.8) is 0 Å². The number of esters is 1. The monoisotopic (exact) mass is 466 g/mol. The Bertz CT molecular complexity index is 612. The fourth-order valence-corrected chi connectivity index (χ4v) is 4.40. The molecule has 1 rings (SSSR count). The first-order valence-corrected chi connectivity index (χ1v) is 12.9. The molecule has 0 saturated carbocycles. The number of cyclic esters (lactones) is 1. The first-order valence-electron chi connectivity index (χ1n) is 12.9. The van der Waals surface area contributed by atoms with E-state index in [0.717, 1.165) is 18.4 Å². The third kappa shape index (κ3) is 15.7. The number of hydrogen-bond donors (Lipinski definition) is 3. The molecule has 6 heteroatoms. The van der Waals surface area contributed by atoms with Crippen LogP contribution in [0.3, 0.4) is 0 Å². The lowest BCUT2D eigenvalue weighted by molar-refractivity contribution is -0.153. The van der Waals surface area contributed by atoms with E-state index in [0.29, 0.717) is 32.1 Å². The number of carbonyl (C=O) groups is 2. The third-order valence-corrected chi connectivity index (χ3v) is 6.22. The van der Waals surface area contributed by atoms with Gasteiger partial charge in [0.1, 0.15) is 6.10 Å². The van der Waals surface area contributed by atoms with E-state index in [1.54, 1.807) is 0 Å². The number of carboxylic acids is 1. The molecule has 0 aliphatic carbocycles. The maximum absolute atomic E-state index is 12.6. The summed E-state index contributed by atoms with van der Waals surface area (Å²) in [6.07, 6.45) is 15.2. The predicted molar refractivity (Wildman–Crippen MR) is 131 cm³/mol. The summed E-state index contributed by atoms with van der Waals surface area (Å²) in [5, 5.41) is 30.2.